The van der Waals surface area contributed by atoms with E-state index in [1.54, 1.807) is 13.3 Å². The zero-order valence-electron chi connectivity index (χ0n) is 16.8. The van der Waals surface area contributed by atoms with Crippen LogP contribution in [0.25, 0.3) is 11.3 Å². The average Bonchev–Trinajstić information content (AvgIpc) is 3.07. The van der Waals surface area contributed by atoms with Gasteiger partial charge in [-0.2, -0.15) is 5.10 Å². The van der Waals surface area contributed by atoms with Crippen LogP contribution in [0, 0.1) is 0 Å². The second-order valence-electron chi connectivity index (χ2n) is 7.47. The molecule has 0 radical (unpaired) electrons. The molecule has 2 heterocycles. The van der Waals surface area contributed by atoms with Crippen LogP contribution < -0.4 is 15.8 Å². The molecule has 0 saturated heterocycles. The summed E-state index contributed by atoms with van der Waals surface area (Å²) in [5, 5.41) is 8.11. The molecule has 0 spiro atoms. The number of hydrogen-bond donors (Lipinski definition) is 2. The molecule has 0 amide bonds. The van der Waals surface area contributed by atoms with Crippen LogP contribution in [0.4, 0.5) is 17.2 Å². The van der Waals surface area contributed by atoms with E-state index in [0.717, 1.165) is 28.5 Å². The largest absolute Gasteiger partial charge is 0.475 e. The second kappa shape index (κ2) is 8.31. The van der Waals surface area contributed by atoms with Crippen molar-refractivity contribution in [2.45, 2.75) is 26.3 Å². The summed E-state index contributed by atoms with van der Waals surface area (Å²) in [4.78, 5) is 4.22. The highest BCUT2D eigenvalue weighted by atomic mass is 16.5. The standard InChI is InChI=1S/C21H27N5O2/c1-21(2,3)26-18(15-5-7-16(22)8-6-15)14-19(25-26)24-17-9-10-23-20(13-17)28-12-11-27-4/h5-10,13-14H,11-12,22H2,1-4H3,(H,23,24,25). The van der Waals surface area contributed by atoms with Crippen LogP contribution >= 0.6 is 0 Å². The van der Waals surface area contributed by atoms with Gasteiger partial charge in [0, 0.05) is 42.4 Å². The van der Waals surface area contributed by atoms with Crippen LogP contribution in [-0.4, -0.2) is 35.1 Å². The molecule has 7 nitrogen and oxygen atoms in total. The van der Waals surface area contributed by atoms with Gasteiger partial charge in [0.2, 0.25) is 5.88 Å². The van der Waals surface area contributed by atoms with E-state index < -0.39 is 0 Å². The van der Waals surface area contributed by atoms with E-state index in [1.165, 1.54) is 0 Å². The Labute approximate surface area is 165 Å². The Hall–Kier alpha value is -3.06. The fourth-order valence-electron chi connectivity index (χ4n) is 2.76. The quantitative estimate of drug-likeness (QED) is 0.474. The van der Waals surface area contributed by atoms with E-state index in [1.807, 2.05) is 47.1 Å². The van der Waals surface area contributed by atoms with Crippen molar-refractivity contribution in [1.29, 1.82) is 0 Å². The number of nitrogens with two attached hydrogens (primary N) is 1. The maximum absolute atomic E-state index is 5.83. The number of nitrogens with zero attached hydrogens (tertiary/aromatic N) is 3. The molecule has 3 N–H and O–H groups in total. The summed E-state index contributed by atoms with van der Waals surface area (Å²) < 4.78 is 12.6. The van der Waals surface area contributed by atoms with Gasteiger partial charge in [-0.1, -0.05) is 12.1 Å². The van der Waals surface area contributed by atoms with Gasteiger partial charge in [0.1, 0.15) is 6.61 Å². The highest BCUT2D eigenvalue weighted by molar-refractivity contribution is 5.68. The van der Waals surface area contributed by atoms with E-state index >= 15 is 0 Å². The Kier molecular flexibility index (Phi) is 5.84. The first-order chi connectivity index (χ1) is 13.4. The predicted octanol–water partition coefficient (Wildman–Crippen LogP) is 4.05. The number of hydrogen-bond acceptors (Lipinski definition) is 6. The summed E-state index contributed by atoms with van der Waals surface area (Å²) in [6, 6.07) is 13.6. The van der Waals surface area contributed by atoms with Gasteiger partial charge in [0.05, 0.1) is 17.8 Å². The molecule has 148 valence electrons. The molecule has 0 unspecified atom stereocenters. The number of methoxy groups -OCH3 is 1. The van der Waals surface area contributed by atoms with E-state index in [2.05, 4.69) is 31.1 Å². The molecule has 3 rings (SSSR count). The number of aromatic nitrogens is 3. The lowest BCUT2D eigenvalue weighted by Gasteiger charge is -2.22. The van der Waals surface area contributed by atoms with E-state index in [-0.39, 0.29) is 5.54 Å². The molecule has 1 aromatic carbocycles. The van der Waals surface area contributed by atoms with Gasteiger partial charge in [0.15, 0.2) is 5.82 Å². The molecule has 2 aromatic heterocycles. The first-order valence-electron chi connectivity index (χ1n) is 9.18. The molecule has 3 aromatic rings. The topological polar surface area (TPSA) is 87.2 Å². The van der Waals surface area contributed by atoms with Gasteiger partial charge >= 0.3 is 0 Å². The minimum Gasteiger partial charge on any atom is -0.475 e. The van der Waals surface area contributed by atoms with Crippen molar-refractivity contribution in [3.05, 3.63) is 48.7 Å². The summed E-state index contributed by atoms with van der Waals surface area (Å²) in [5.74, 6) is 1.28. The molecular formula is C21H27N5O2. The third kappa shape index (κ3) is 4.80. The number of nitrogen functional groups attached to an aromatic ring is 1. The first-order valence-corrected chi connectivity index (χ1v) is 9.18. The molecule has 28 heavy (non-hydrogen) atoms. The molecule has 0 atom stereocenters. The first kappa shape index (κ1) is 19.7. The lowest BCUT2D eigenvalue weighted by atomic mass is 10.1. The summed E-state index contributed by atoms with van der Waals surface area (Å²) in [6.07, 6.45) is 1.70. The molecule has 0 fully saturated rings. The minimum absolute atomic E-state index is 0.177. The zero-order chi connectivity index (χ0) is 20.1. The van der Waals surface area contributed by atoms with Crippen LogP contribution in [0.5, 0.6) is 5.88 Å². The molecule has 0 saturated carbocycles. The smallest absolute Gasteiger partial charge is 0.215 e. The van der Waals surface area contributed by atoms with Gasteiger partial charge in [-0.25, -0.2) is 4.98 Å². The number of benzene rings is 1. The summed E-state index contributed by atoms with van der Waals surface area (Å²) in [5.41, 5.74) is 9.32. The van der Waals surface area contributed by atoms with Crippen molar-refractivity contribution in [2.75, 3.05) is 31.4 Å². The van der Waals surface area contributed by atoms with Crippen molar-refractivity contribution < 1.29 is 9.47 Å². The summed E-state index contributed by atoms with van der Waals surface area (Å²) in [6.45, 7) is 7.34. The van der Waals surface area contributed by atoms with Gasteiger partial charge in [-0.3, -0.25) is 4.68 Å². The maximum Gasteiger partial charge on any atom is 0.215 e. The molecule has 0 aliphatic rings. The van der Waals surface area contributed by atoms with Gasteiger partial charge < -0.3 is 20.5 Å². The fourth-order valence-corrected chi connectivity index (χ4v) is 2.76. The third-order valence-electron chi connectivity index (χ3n) is 4.10. The van der Waals surface area contributed by atoms with Crippen molar-refractivity contribution in [1.82, 2.24) is 14.8 Å². The lowest BCUT2D eigenvalue weighted by Crippen LogP contribution is -2.24. The number of nitrogens with one attached hydrogen (secondary N) is 1. The summed E-state index contributed by atoms with van der Waals surface area (Å²) in [7, 11) is 1.64. The number of ether oxygens (including phenoxy) is 2. The molecule has 7 heteroatoms. The average molecular weight is 381 g/mol. The van der Waals surface area contributed by atoms with Crippen molar-refractivity contribution in [3.8, 4) is 17.1 Å². The van der Waals surface area contributed by atoms with Crippen LogP contribution in [0.15, 0.2) is 48.7 Å². The number of rotatable bonds is 7. The normalized spacial score (nSPS) is 11.4. The van der Waals surface area contributed by atoms with E-state index in [9.17, 15) is 0 Å². The van der Waals surface area contributed by atoms with Gasteiger partial charge in [-0.05, 0) is 39.0 Å². The maximum atomic E-state index is 5.83. The van der Waals surface area contributed by atoms with Gasteiger partial charge in [-0.15, -0.1) is 0 Å². The monoisotopic (exact) mass is 381 g/mol. The van der Waals surface area contributed by atoms with Crippen LogP contribution in [0.3, 0.4) is 0 Å². The van der Waals surface area contributed by atoms with E-state index in [0.29, 0.717) is 19.1 Å². The van der Waals surface area contributed by atoms with Crippen molar-refractivity contribution in [3.63, 3.8) is 0 Å². The third-order valence-corrected chi connectivity index (χ3v) is 4.10. The fraction of sp³-hybridized carbons (Fsp3) is 0.333. The SMILES string of the molecule is COCCOc1cc(Nc2cc(-c3ccc(N)cc3)n(C(C)(C)C)n2)ccn1. The Bertz CT molecular complexity index is 913. The minimum atomic E-state index is -0.177. The van der Waals surface area contributed by atoms with Crippen LogP contribution in [0.2, 0.25) is 0 Å². The van der Waals surface area contributed by atoms with Gasteiger partial charge in [0.25, 0.3) is 0 Å². The van der Waals surface area contributed by atoms with Crippen molar-refractivity contribution in [2.24, 2.45) is 0 Å². The van der Waals surface area contributed by atoms with Crippen LogP contribution in [0.1, 0.15) is 20.8 Å². The summed E-state index contributed by atoms with van der Waals surface area (Å²) >= 11 is 0. The second-order valence-corrected chi connectivity index (χ2v) is 7.47. The number of anilines is 3. The zero-order valence-corrected chi connectivity index (χ0v) is 16.8. The lowest BCUT2D eigenvalue weighted by molar-refractivity contribution is 0.144. The van der Waals surface area contributed by atoms with Crippen molar-refractivity contribution >= 4 is 17.2 Å². The Morgan fingerprint density at radius 2 is 1.82 bits per heavy atom. The molecule has 0 aliphatic carbocycles. The van der Waals surface area contributed by atoms with Crippen LogP contribution in [-0.2, 0) is 10.3 Å². The number of pyridine rings is 1. The molecule has 0 aliphatic heterocycles. The molecule has 0 bridgehead atoms. The molecular weight excluding hydrogens is 354 g/mol. The predicted molar refractivity (Wildman–Crippen MR) is 112 cm³/mol. The Balaban J connectivity index is 1.87. The highest BCUT2D eigenvalue weighted by Crippen LogP contribution is 2.30. The Morgan fingerprint density at radius 1 is 1.07 bits per heavy atom. The highest BCUT2D eigenvalue weighted by Gasteiger charge is 2.20. The van der Waals surface area contributed by atoms with E-state index in [4.69, 9.17) is 20.3 Å². The Morgan fingerprint density at radius 3 is 2.50 bits per heavy atom.